The van der Waals surface area contributed by atoms with E-state index in [0.717, 1.165) is 86.1 Å². The second-order valence-corrected chi connectivity index (χ2v) is 23.7. The summed E-state index contributed by atoms with van der Waals surface area (Å²) in [5, 5.41) is 117. The number of allylic oxidation sites excluding steroid dienone is 4. The fraction of sp³-hybridized carbons (Fsp3) is 0.389. The summed E-state index contributed by atoms with van der Waals surface area (Å²) < 4.78 is 4.10. The van der Waals surface area contributed by atoms with E-state index in [9.17, 15) is 40.9 Å². The number of hydrogen-bond acceptors (Lipinski definition) is 10. The molecule has 10 nitrogen and oxygen atoms in total. The number of nitrogens with zero attached hydrogens (tertiary/aromatic N) is 2. The third-order valence-corrected chi connectivity index (χ3v) is 19.8. The van der Waals surface area contributed by atoms with Crippen molar-refractivity contribution < 1.29 is 40.9 Å². The molecule has 4 aliphatic carbocycles. The van der Waals surface area contributed by atoms with Crippen molar-refractivity contribution in [3.63, 3.8) is 0 Å². The normalized spacial score (nSPS) is 31.1. The van der Waals surface area contributed by atoms with Crippen LogP contribution in [0.4, 0.5) is 0 Å². The van der Waals surface area contributed by atoms with Gasteiger partial charge in [0.1, 0.15) is 0 Å². The Kier molecular flexibility index (Phi) is 20.4. The smallest absolute Gasteiger partial charge is 0.0494 e. The molecule has 0 bridgehead atoms. The van der Waals surface area contributed by atoms with Crippen LogP contribution in [0.15, 0.2) is 166 Å². The average Bonchev–Trinajstić information content (AvgIpc) is 1.93. The van der Waals surface area contributed by atoms with Gasteiger partial charge in [-0.15, -0.1) is 48.8 Å². The van der Waals surface area contributed by atoms with Crippen molar-refractivity contribution in [2.24, 2.45) is 61.4 Å². The summed E-state index contributed by atoms with van der Waals surface area (Å²) in [6.45, 7) is 16.0. The summed E-state index contributed by atoms with van der Waals surface area (Å²) in [5.41, 5.74) is 6.01. The molecule has 4 heterocycles. The predicted octanol–water partition coefficient (Wildman–Crippen LogP) is 6.77. The Hall–Kier alpha value is -5.74. The van der Waals surface area contributed by atoms with E-state index in [4.69, 9.17) is 0 Å². The molecule has 8 atom stereocenters. The second-order valence-electron chi connectivity index (χ2n) is 21.8. The number of thioether (sulfide) groups is 2. The topological polar surface area (TPSA) is 194 Å². The van der Waals surface area contributed by atoms with Crippen LogP contribution in [0, 0.1) is 47.3 Å². The van der Waals surface area contributed by atoms with Gasteiger partial charge >= 0.3 is 0 Å². The molecule has 84 heavy (non-hydrogen) atoms. The molecular formula is C72H78N2O8S2-8. The fourth-order valence-electron chi connectivity index (χ4n) is 13.5. The zero-order chi connectivity index (χ0) is 60.3. The fourth-order valence-corrected chi connectivity index (χ4v) is 15.2. The van der Waals surface area contributed by atoms with Crippen molar-refractivity contribution in [1.29, 1.82) is 0 Å². The number of aromatic nitrogens is 2. The van der Waals surface area contributed by atoms with Gasteiger partial charge in [-0.3, -0.25) is 0 Å². The lowest BCUT2D eigenvalue weighted by molar-refractivity contribution is -0.575. The van der Waals surface area contributed by atoms with Crippen LogP contribution in [-0.2, 0) is 14.1 Å². The number of benzene rings is 6. The zero-order valence-corrected chi connectivity index (χ0v) is 51.4. The van der Waals surface area contributed by atoms with Crippen molar-refractivity contribution in [3.8, 4) is 0 Å². The molecule has 8 unspecified atom stereocenters. The molecule has 8 aromatic rings. The summed E-state index contributed by atoms with van der Waals surface area (Å²) in [6.07, 6.45) is 2.77. The average molecular weight is 1160 g/mol. The van der Waals surface area contributed by atoms with Gasteiger partial charge in [0.05, 0.1) is 0 Å². The lowest BCUT2D eigenvalue weighted by Gasteiger charge is -2.67. The van der Waals surface area contributed by atoms with Crippen LogP contribution < -0.4 is 51.6 Å². The summed E-state index contributed by atoms with van der Waals surface area (Å²) in [5.74, 6) is -5.28. The Morgan fingerprint density at radius 2 is 0.667 bits per heavy atom. The first-order valence-corrected chi connectivity index (χ1v) is 32.1. The highest BCUT2D eigenvalue weighted by Gasteiger charge is 2.44. The molecule has 2 aliphatic heterocycles. The number of aryl methyl sites for hydroxylation is 2. The maximum Gasteiger partial charge on any atom is 0.0494 e. The van der Waals surface area contributed by atoms with Crippen molar-refractivity contribution >= 4 is 90.2 Å². The standard InChI is InChI=1S/C35H30N2O4.C29H24O4S2.4C2H6/c1-36-26-13-5-9-18-7-3-11-20(30(18)26)28(36)16-24-32(38)22(33(24)39)15-23-34(40)25(35(23)41)17-29-21-12-4-8-19-10-6-14-27(31(19)21)37(29)2;30-26-20(13-16-9-11-34-24-7-3-1-5-18(16)24)27(31)22(26)15-23-28(32)21(29(23)33)14-17-10-12-35-25-8-4-2-6-19(17)25;4*1-2/h3-14,16-17,22-25,32-35H,15H2,1-2H3;1-14,20-23,26-29H,15H2;4*1-2H3/q2*-4;;;;/b28-16+,29-17+;16-13+,17-14+;;;;. The van der Waals surface area contributed by atoms with Crippen LogP contribution >= 0.6 is 23.5 Å². The molecule has 12 heteroatoms. The van der Waals surface area contributed by atoms with E-state index < -0.39 is 96.2 Å². The van der Waals surface area contributed by atoms with E-state index >= 15 is 0 Å². The van der Waals surface area contributed by atoms with Crippen LogP contribution in [-0.4, -0.2) is 58.0 Å². The third kappa shape index (κ3) is 11.2. The van der Waals surface area contributed by atoms with Crippen LogP contribution in [0.5, 0.6) is 0 Å². The third-order valence-electron chi connectivity index (χ3n) is 18.0. The maximum absolute atomic E-state index is 13.3. The highest BCUT2D eigenvalue weighted by molar-refractivity contribution is 8.02. The molecule has 0 spiro atoms. The van der Waals surface area contributed by atoms with E-state index in [1.54, 1.807) is 23.5 Å². The van der Waals surface area contributed by atoms with E-state index in [1.807, 2.05) is 214 Å². The lowest BCUT2D eigenvalue weighted by atomic mass is 9.58. The van der Waals surface area contributed by atoms with E-state index in [-0.39, 0.29) is 12.8 Å². The molecule has 2 aromatic heterocycles. The van der Waals surface area contributed by atoms with Gasteiger partial charge in [0.25, 0.3) is 0 Å². The zero-order valence-electron chi connectivity index (χ0n) is 49.8. The first kappa shape index (κ1) is 62.8. The molecule has 6 aromatic carbocycles. The summed E-state index contributed by atoms with van der Waals surface area (Å²) in [7, 11) is 3.92. The Morgan fingerprint density at radius 1 is 0.369 bits per heavy atom. The molecular weight excluding hydrogens is 1080 g/mol. The quantitative estimate of drug-likeness (QED) is 0.157. The molecule has 4 fully saturated rings. The number of rotatable bonds is 8. The monoisotopic (exact) mass is 1160 g/mol. The SMILES string of the molecule is CC.CC.CC.CC.Cn1/c(=C/C2C([O-])C(CC3C([O-])C(/C=c4\c5cccc6cccc(c65)n4C)C3[O-])C2[O-])c2cccc3cccc1c32.[O-]C1C(/C=C2\C=CSc3ccccc32)C([O-])C1CC1C([O-])C(/C=C2\C=CSc3ccccc32)C1[O-]. The lowest BCUT2D eigenvalue weighted by Crippen LogP contribution is -2.71. The van der Waals surface area contributed by atoms with Gasteiger partial charge in [0.2, 0.25) is 0 Å². The minimum absolute atomic E-state index is 0.126. The van der Waals surface area contributed by atoms with Crippen LogP contribution in [0.3, 0.4) is 0 Å². The van der Waals surface area contributed by atoms with Crippen molar-refractivity contribution in [3.05, 3.63) is 178 Å². The van der Waals surface area contributed by atoms with Gasteiger partial charge in [0, 0.05) is 67.2 Å². The first-order valence-electron chi connectivity index (χ1n) is 30.4. The van der Waals surface area contributed by atoms with E-state index in [0.29, 0.717) is 0 Å². The van der Waals surface area contributed by atoms with Crippen LogP contribution in [0.25, 0.3) is 66.6 Å². The highest BCUT2D eigenvalue weighted by atomic mass is 32.2. The Bertz CT molecular complexity index is 3510. The van der Waals surface area contributed by atoms with Crippen LogP contribution in [0.2, 0.25) is 0 Å². The molecule has 0 saturated heterocycles. The van der Waals surface area contributed by atoms with Gasteiger partial charge in [-0.1, -0.05) is 237 Å². The van der Waals surface area contributed by atoms with Crippen molar-refractivity contribution in [2.75, 3.05) is 0 Å². The van der Waals surface area contributed by atoms with Gasteiger partial charge in [-0.2, -0.15) is 0 Å². The molecule has 4 saturated carbocycles. The molecule has 444 valence electrons. The Labute approximate surface area is 503 Å². The van der Waals surface area contributed by atoms with E-state index in [1.165, 1.54) is 0 Å². The molecule has 0 amide bonds. The minimum Gasteiger partial charge on any atom is -0.851 e. The molecule has 0 N–H and O–H groups in total. The second kappa shape index (κ2) is 27.3. The summed E-state index contributed by atoms with van der Waals surface area (Å²) >= 11 is 3.24. The number of fused-ring (bicyclic) bond motifs is 2. The Morgan fingerprint density at radius 3 is 1.00 bits per heavy atom. The van der Waals surface area contributed by atoms with E-state index in [2.05, 4.69) is 33.4 Å². The molecule has 6 aliphatic rings. The van der Waals surface area contributed by atoms with Crippen molar-refractivity contribution in [2.45, 2.75) is 127 Å². The van der Waals surface area contributed by atoms with Gasteiger partial charge in [0.15, 0.2) is 0 Å². The van der Waals surface area contributed by atoms with Gasteiger partial charge in [-0.25, -0.2) is 0 Å². The molecule has 0 radical (unpaired) electrons. The maximum atomic E-state index is 13.3. The van der Waals surface area contributed by atoms with Gasteiger partial charge < -0.3 is 50.0 Å². The number of hydrogen-bond donors (Lipinski definition) is 0. The largest absolute Gasteiger partial charge is 0.851 e. The predicted molar refractivity (Wildman–Crippen MR) is 332 cm³/mol. The Balaban J connectivity index is 0.000000182. The minimum atomic E-state index is -1.11. The first-order chi connectivity index (χ1) is 40.9. The highest BCUT2D eigenvalue weighted by Crippen LogP contribution is 2.48. The summed E-state index contributed by atoms with van der Waals surface area (Å²) in [4.78, 5) is 2.21. The molecule has 14 rings (SSSR count). The van der Waals surface area contributed by atoms with Crippen LogP contribution in [0.1, 0.15) is 79.4 Å². The van der Waals surface area contributed by atoms with Gasteiger partial charge in [-0.05, 0) is 104 Å². The summed E-state index contributed by atoms with van der Waals surface area (Å²) in [6, 6.07) is 40.3. The van der Waals surface area contributed by atoms with Crippen molar-refractivity contribution in [1.82, 2.24) is 9.13 Å².